The van der Waals surface area contributed by atoms with E-state index in [-0.39, 0.29) is 12.3 Å². The van der Waals surface area contributed by atoms with Gasteiger partial charge in [0.15, 0.2) is 5.82 Å². The van der Waals surface area contributed by atoms with Crippen LogP contribution in [0.4, 0.5) is 0 Å². The maximum absolute atomic E-state index is 12.8. The van der Waals surface area contributed by atoms with Gasteiger partial charge in [-0.15, -0.1) is 5.10 Å². The number of fused-ring (bicyclic) bond motifs is 2. The first kappa shape index (κ1) is 18.6. The van der Waals surface area contributed by atoms with Crippen molar-refractivity contribution in [3.8, 4) is 0 Å². The Kier molecular flexibility index (Phi) is 4.85. The van der Waals surface area contributed by atoms with Crippen molar-refractivity contribution < 1.29 is 4.79 Å². The van der Waals surface area contributed by atoms with Crippen LogP contribution in [0.3, 0.4) is 0 Å². The molecular weight excluding hydrogens is 352 g/mol. The minimum absolute atomic E-state index is 0.0255. The Morgan fingerprint density at radius 2 is 1.96 bits per heavy atom. The highest BCUT2D eigenvalue weighted by molar-refractivity contribution is 5.77. The zero-order valence-corrected chi connectivity index (χ0v) is 16.9. The van der Waals surface area contributed by atoms with E-state index in [4.69, 9.17) is 0 Å². The van der Waals surface area contributed by atoms with Crippen molar-refractivity contribution in [2.45, 2.75) is 39.3 Å². The second kappa shape index (κ2) is 7.31. The predicted octanol–water partition coefficient (Wildman–Crippen LogP) is 1.80. The molecule has 1 atom stereocenters. The van der Waals surface area contributed by atoms with Crippen LogP contribution in [0.15, 0.2) is 30.3 Å². The summed E-state index contributed by atoms with van der Waals surface area (Å²) in [4.78, 5) is 25.7. The van der Waals surface area contributed by atoms with Crippen molar-refractivity contribution in [2.75, 3.05) is 20.6 Å². The van der Waals surface area contributed by atoms with Gasteiger partial charge in [0.2, 0.25) is 5.91 Å². The molecule has 1 aliphatic heterocycles. The highest BCUT2D eigenvalue weighted by Crippen LogP contribution is 2.22. The van der Waals surface area contributed by atoms with Crippen LogP contribution in [0.25, 0.3) is 5.78 Å². The summed E-state index contributed by atoms with van der Waals surface area (Å²) in [6, 6.07) is 10.8. The molecule has 0 saturated heterocycles. The third-order valence-electron chi connectivity index (χ3n) is 5.50. The van der Waals surface area contributed by atoms with E-state index in [0.717, 1.165) is 24.4 Å². The monoisotopic (exact) mass is 378 g/mol. The van der Waals surface area contributed by atoms with Crippen LogP contribution in [0, 0.1) is 13.8 Å². The molecule has 1 aliphatic rings. The number of hydrogen-bond acceptors (Lipinski definition) is 5. The molecule has 0 bridgehead atoms. The summed E-state index contributed by atoms with van der Waals surface area (Å²) in [5.74, 6) is 1.09. The van der Waals surface area contributed by atoms with Crippen molar-refractivity contribution in [1.82, 2.24) is 29.4 Å². The molecule has 28 heavy (non-hydrogen) atoms. The van der Waals surface area contributed by atoms with Gasteiger partial charge in [0, 0.05) is 37.6 Å². The molecule has 0 unspecified atom stereocenters. The average Bonchev–Trinajstić information content (AvgIpc) is 3.04. The molecule has 7 heteroatoms. The quantitative estimate of drug-likeness (QED) is 0.693. The Balaban J connectivity index is 1.43. The van der Waals surface area contributed by atoms with Gasteiger partial charge in [0.25, 0.3) is 5.78 Å². The molecule has 2 aromatic heterocycles. The molecule has 0 saturated carbocycles. The third-order valence-corrected chi connectivity index (χ3v) is 5.50. The zero-order chi connectivity index (χ0) is 19.8. The van der Waals surface area contributed by atoms with Gasteiger partial charge in [-0.1, -0.05) is 24.3 Å². The van der Waals surface area contributed by atoms with E-state index >= 15 is 0 Å². The van der Waals surface area contributed by atoms with Crippen LogP contribution in [0.2, 0.25) is 0 Å². The summed E-state index contributed by atoms with van der Waals surface area (Å²) in [5, 5.41) is 4.45. The van der Waals surface area contributed by atoms with Crippen LogP contribution in [-0.2, 0) is 24.2 Å². The van der Waals surface area contributed by atoms with Crippen molar-refractivity contribution >= 4 is 11.7 Å². The van der Waals surface area contributed by atoms with Crippen molar-refractivity contribution in [2.24, 2.45) is 0 Å². The van der Waals surface area contributed by atoms with Crippen LogP contribution in [0.5, 0.6) is 0 Å². The molecule has 1 amide bonds. The standard InChI is InChI=1S/C21H26N6O/c1-14-9-15(2)27-21(22-14)23-19(24-27)11-20(28)26(4)13-18-10-16-7-5-6-8-17(16)12-25(18)3/h5-9,18H,10-13H2,1-4H3/t18-/m0/s1. The molecule has 0 spiro atoms. The average molecular weight is 378 g/mol. The second-order valence-electron chi connectivity index (χ2n) is 7.77. The van der Waals surface area contributed by atoms with E-state index in [1.807, 2.05) is 27.0 Å². The Labute approximate surface area is 165 Å². The normalized spacial score (nSPS) is 16.9. The van der Waals surface area contributed by atoms with Crippen molar-refractivity contribution in [1.29, 1.82) is 0 Å². The first-order valence-electron chi connectivity index (χ1n) is 9.61. The maximum Gasteiger partial charge on any atom is 0.252 e. The molecule has 0 fully saturated rings. The minimum Gasteiger partial charge on any atom is -0.344 e. The molecule has 7 nitrogen and oxygen atoms in total. The summed E-state index contributed by atoms with van der Waals surface area (Å²) in [6.45, 7) is 5.50. The van der Waals surface area contributed by atoms with Gasteiger partial charge >= 0.3 is 0 Å². The molecular formula is C21H26N6O. The number of likely N-dealkylation sites (N-methyl/N-ethyl adjacent to an activating group) is 2. The fraction of sp³-hybridized carbons (Fsp3) is 0.429. The summed E-state index contributed by atoms with van der Waals surface area (Å²) in [7, 11) is 3.99. The molecule has 0 aliphatic carbocycles. The molecule has 146 valence electrons. The summed E-state index contributed by atoms with van der Waals surface area (Å²) >= 11 is 0. The van der Waals surface area contributed by atoms with Crippen LogP contribution >= 0.6 is 0 Å². The van der Waals surface area contributed by atoms with Crippen LogP contribution < -0.4 is 0 Å². The Hall–Kier alpha value is -2.80. The van der Waals surface area contributed by atoms with Crippen molar-refractivity contribution in [3.05, 3.63) is 58.7 Å². The Bertz CT molecular complexity index is 1030. The topological polar surface area (TPSA) is 66.6 Å². The molecule has 3 aromatic rings. The van der Waals surface area contributed by atoms with Gasteiger partial charge in [0.1, 0.15) is 0 Å². The molecule has 1 aromatic carbocycles. The van der Waals surface area contributed by atoms with E-state index in [1.165, 1.54) is 11.1 Å². The fourth-order valence-electron chi connectivity index (χ4n) is 3.89. The number of amides is 1. The van der Waals surface area contributed by atoms with Gasteiger partial charge < -0.3 is 4.90 Å². The van der Waals surface area contributed by atoms with E-state index in [2.05, 4.69) is 51.3 Å². The lowest BCUT2D eigenvalue weighted by molar-refractivity contribution is -0.130. The van der Waals surface area contributed by atoms with E-state index in [9.17, 15) is 4.79 Å². The third kappa shape index (κ3) is 3.62. The van der Waals surface area contributed by atoms with Gasteiger partial charge in [0.05, 0.1) is 6.42 Å². The SMILES string of the molecule is Cc1cc(C)n2nc(CC(=O)N(C)C[C@@H]3Cc4ccccc4CN3C)nc2n1. The first-order valence-corrected chi connectivity index (χ1v) is 9.61. The highest BCUT2D eigenvalue weighted by atomic mass is 16.2. The van der Waals surface area contributed by atoms with E-state index < -0.39 is 0 Å². The fourth-order valence-corrected chi connectivity index (χ4v) is 3.89. The number of aryl methyl sites for hydroxylation is 2. The number of rotatable bonds is 4. The predicted molar refractivity (Wildman–Crippen MR) is 107 cm³/mol. The largest absolute Gasteiger partial charge is 0.344 e. The lowest BCUT2D eigenvalue weighted by Crippen LogP contribution is -2.46. The zero-order valence-electron chi connectivity index (χ0n) is 16.9. The Morgan fingerprint density at radius 1 is 1.21 bits per heavy atom. The van der Waals surface area contributed by atoms with E-state index in [0.29, 0.717) is 24.2 Å². The first-order chi connectivity index (χ1) is 13.4. The lowest BCUT2D eigenvalue weighted by atomic mass is 9.94. The number of benzene rings is 1. The van der Waals surface area contributed by atoms with Gasteiger partial charge in [-0.3, -0.25) is 9.69 Å². The number of nitrogens with zero attached hydrogens (tertiary/aromatic N) is 6. The smallest absolute Gasteiger partial charge is 0.252 e. The lowest BCUT2D eigenvalue weighted by Gasteiger charge is -2.36. The minimum atomic E-state index is 0.0255. The second-order valence-corrected chi connectivity index (χ2v) is 7.77. The molecule has 0 N–H and O–H groups in total. The van der Waals surface area contributed by atoms with E-state index in [1.54, 1.807) is 9.42 Å². The molecule has 0 radical (unpaired) electrons. The number of hydrogen-bond donors (Lipinski definition) is 0. The van der Waals surface area contributed by atoms with Crippen LogP contribution in [-0.4, -0.2) is 62.0 Å². The summed E-state index contributed by atoms with van der Waals surface area (Å²) in [5.41, 5.74) is 4.62. The number of aromatic nitrogens is 4. The van der Waals surface area contributed by atoms with Crippen molar-refractivity contribution in [3.63, 3.8) is 0 Å². The number of carbonyl (C=O) groups is 1. The van der Waals surface area contributed by atoms with Gasteiger partial charge in [-0.25, -0.2) is 9.50 Å². The maximum atomic E-state index is 12.8. The molecule has 3 heterocycles. The number of carbonyl (C=O) groups excluding carboxylic acids is 1. The Morgan fingerprint density at radius 3 is 2.75 bits per heavy atom. The summed E-state index contributed by atoms with van der Waals surface area (Å²) in [6.07, 6.45) is 1.14. The van der Waals surface area contributed by atoms with Crippen LogP contribution in [0.1, 0.15) is 28.3 Å². The van der Waals surface area contributed by atoms with Gasteiger partial charge in [-0.2, -0.15) is 4.98 Å². The highest BCUT2D eigenvalue weighted by Gasteiger charge is 2.26. The van der Waals surface area contributed by atoms with Gasteiger partial charge in [-0.05, 0) is 44.5 Å². The summed E-state index contributed by atoms with van der Waals surface area (Å²) < 4.78 is 1.70. The molecule has 4 rings (SSSR count).